The van der Waals surface area contributed by atoms with Crippen molar-refractivity contribution in [2.75, 3.05) is 12.8 Å². The van der Waals surface area contributed by atoms with E-state index in [0.29, 0.717) is 13.0 Å². The number of nitrogens with one attached hydrogen (secondary N) is 1. The van der Waals surface area contributed by atoms with Crippen LogP contribution in [0.25, 0.3) is 11.0 Å². The Labute approximate surface area is 132 Å². The van der Waals surface area contributed by atoms with Gasteiger partial charge in [0.2, 0.25) is 5.91 Å². The first kappa shape index (κ1) is 16.4. The molecule has 0 aliphatic carbocycles. The molecule has 0 saturated carbocycles. The fourth-order valence-corrected chi connectivity index (χ4v) is 2.69. The molecule has 6 nitrogen and oxygen atoms in total. The van der Waals surface area contributed by atoms with Gasteiger partial charge in [-0.25, -0.2) is 4.98 Å². The van der Waals surface area contributed by atoms with Crippen LogP contribution in [0, 0.1) is 0 Å². The number of carbonyl (C=O) groups is 2. The van der Waals surface area contributed by atoms with Crippen LogP contribution in [0.5, 0.6) is 0 Å². The summed E-state index contributed by atoms with van der Waals surface area (Å²) >= 11 is 1.66. The molecular formula is C15H19N3O3S. The number of rotatable bonds is 8. The standard InChI is InChI=1S/C15H19N3O3S/c1-22-10-13-17-11-5-2-3-6-12(11)18(13)9-14(19)16-8-4-7-15(20)21/h2-3,5-6H,4,7-10H2,1H3,(H,16,19)(H,20,21). The summed E-state index contributed by atoms with van der Waals surface area (Å²) in [5.74, 6) is 0.628. The van der Waals surface area contributed by atoms with Crippen LogP contribution in [-0.4, -0.2) is 39.3 Å². The van der Waals surface area contributed by atoms with Gasteiger partial charge in [-0.15, -0.1) is 0 Å². The van der Waals surface area contributed by atoms with E-state index in [1.807, 2.05) is 35.1 Å². The summed E-state index contributed by atoms with van der Waals surface area (Å²) in [4.78, 5) is 27.0. The molecular weight excluding hydrogens is 302 g/mol. The van der Waals surface area contributed by atoms with Gasteiger partial charge in [0.25, 0.3) is 0 Å². The van der Waals surface area contributed by atoms with E-state index in [0.717, 1.165) is 22.6 Å². The van der Waals surface area contributed by atoms with Crippen molar-refractivity contribution in [2.24, 2.45) is 0 Å². The highest BCUT2D eigenvalue weighted by molar-refractivity contribution is 7.97. The lowest BCUT2D eigenvalue weighted by molar-refractivity contribution is -0.137. The zero-order chi connectivity index (χ0) is 15.9. The fourth-order valence-electron chi connectivity index (χ4n) is 2.21. The number of aromatic nitrogens is 2. The molecule has 1 aromatic carbocycles. The predicted molar refractivity (Wildman–Crippen MR) is 86.8 cm³/mol. The number of hydrogen-bond donors (Lipinski definition) is 2. The number of hydrogen-bond acceptors (Lipinski definition) is 4. The summed E-state index contributed by atoms with van der Waals surface area (Å²) in [5.41, 5.74) is 1.82. The van der Waals surface area contributed by atoms with Crippen LogP contribution in [0.3, 0.4) is 0 Å². The Balaban J connectivity index is 2.04. The molecule has 0 bridgehead atoms. The van der Waals surface area contributed by atoms with Crippen LogP contribution >= 0.6 is 11.8 Å². The zero-order valence-electron chi connectivity index (χ0n) is 12.4. The average molecular weight is 321 g/mol. The Bertz CT molecular complexity index is 669. The number of benzene rings is 1. The number of amides is 1. The maximum Gasteiger partial charge on any atom is 0.303 e. The van der Waals surface area contributed by atoms with Crippen molar-refractivity contribution < 1.29 is 14.7 Å². The van der Waals surface area contributed by atoms with E-state index in [4.69, 9.17) is 5.11 Å². The molecule has 0 fully saturated rings. The number of aliphatic carboxylic acids is 1. The summed E-state index contributed by atoms with van der Waals surface area (Å²) in [6.45, 7) is 0.569. The number of fused-ring (bicyclic) bond motifs is 1. The molecule has 22 heavy (non-hydrogen) atoms. The topological polar surface area (TPSA) is 84.2 Å². The lowest BCUT2D eigenvalue weighted by Gasteiger charge is -2.09. The van der Waals surface area contributed by atoms with Crippen LogP contribution in [0.1, 0.15) is 18.7 Å². The molecule has 0 aliphatic heterocycles. The predicted octanol–water partition coefficient (Wildman–Crippen LogP) is 1.88. The summed E-state index contributed by atoms with van der Waals surface area (Å²) in [6, 6.07) is 7.73. The number of thioether (sulfide) groups is 1. The molecule has 0 saturated heterocycles. The first-order chi connectivity index (χ1) is 10.6. The van der Waals surface area contributed by atoms with Gasteiger partial charge >= 0.3 is 5.97 Å². The lowest BCUT2D eigenvalue weighted by Crippen LogP contribution is -2.29. The molecule has 0 unspecified atom stereocenters. The zero-order valence-corrected chi connectivity index (χ0v) is 13.2. The van der Waals surface area contributed by atoms with Gasteiger partial charge in [0.1, 0.15) is 12.4 Å². The van der Waals surface area contributed by atoms with Crippen molar-refractivity contribution in [3.8, 4) is 0 Å². The second kappa shape index (κ2) is 7.84. The third kappa shape index (κ3) is 4.24. The van der Waals surface area contributed by atoms with E-state index >= 15 is 0 Å². The van der Waals surface area contributed by atoms with Gasteiger partial charge in [0, 0.05) is 13.0 Å². The summed E-state index contributed by atoms with van der Waals surface area (Å²) in [7, 11) is 0. The Hall–Kier alpha value is -2.02. The number of carbonyl (C=O) groups excluding carboxylic acids is 1. The van der Waals surface area contributed by atoms with E-state index in [1.165, 1.54) is 0 Å². The highest BCUT2D eigenvalue weighted by Gasteiger charge is 2.12. The van der Waals surface area contributed by atoms with Crippen molar-refractivity contribution in [3.63, 3.8) is 0 Å². The second-order valence-electron chi connectivity index (χ2n) is 4.88. The smallest absolute Gasteiger partial charge is 0.303 e. The molecule has 0 atom stereocenters. The van der Waals surface area contributed by atoms with Crippen molar-refractivity contribution in [1.29, 1.82) is 0 Å². The Kier molecular flexibility index (Phi) is 5.83. The number of carboxylic acids is 1. The normalized spacial score (nSPS) is 10.8. The third-order valence-electron chi connectivity index (χ3n) is 3.20. The highest BCUT2D eigenvalue weighted by Crippen LogP contribution is 2.18. The van der Waals surface area contributed by atoms with Crippen LogP contribution in [-0.2, 0) is 21.9 Å². The Morgan fingerprint density at radius 2 is 2.14 bits per heavy atom. The molecule has 118 valence electrons. The Morgan fingerprint density at radius 3 is 2.86 bits per heavy atom. The third-order valence-corrected chi connectivity index (χ3v) is 3.75. The molecule has 1 heterocycles. The molecule has 2 N–H and O–H groups in total. The maximum atomic E-state index is 12.0. The Morgan fingerprint density at radius 1 is 1.36 bits per heavy atom. The number of para-hydroxylation sites is 2. The molecule has 0 radical (unpaired) electrons. The fraction of sp³-hybridized carbons (Fsp3) is 0.400. The highest BCUT2D eigenvalue weighted by atomic mass is 32.2. The van der Waals surface area contributed by atoms with E-state index in [9.17, 15) is 9.59 Å². The number of carboxylic acid groups (broad SMARTS) is 1. The van der Waals surface area contributed by atoms with Gasteiger partial charge in [0.05, 0.1) is 16.8 Å². The SMILES string of the molecule is CSCc1nc2ccccc2n1CC(=O)NCCCC(=O)O. The van der Waals surface area contributed by atoms with E-state index in [1.54, 1.807) is 11.8 Å². The first-order valence-corrected chi connectivity index (χ1v) is 8.42. The van der Waals surface area contributed by atoms with Crippen molar-refractivity contribution in [1.82, 2.24) is 14.9 Å². The van der Waals surface area contributed by atoms with Crippen molar-refractivity contribution in [2.45, 2.75) is 25.1 Å². The van der Waals surface area contributed by atoms with Gasteiger partial charge < -0.3 is 15.0 Å². The minimum Gasteiger partial charge on any atom is -0.481 e. The van der Waals surface area contributed by atoms with Gasteiger partial charge in [-0.1, -0.05) is 12.1 Å². The summed E-state index contributed by atoms with van der Waals surface area (Å²) < 4.78 is 1.92. The first-order valence-electron chi connectivity index (χ1n) is 7.03. The van der Waals surface area contributed by atoms with Crippen LogP contribution < -0.4 is 5.32 Å². The average Bonchev–Trinajstić information content (AvgIpc) is 2.82. The van der Waals surface area contributed by atoms with Crippen molar-refractivity contribution >= 4 is 34.7 Å². The molecule has 1 amide bonds. The van der Waals surface area contributed by atoms with Crippen LogP contribution in [0.4, 0.5) is 0 Å². The van der Waals surface area contributed by atoms with Gasteiger partial charge in [-0.2, -0.15) is 11.8 Å². The summed E-state index contributed by atoms with van der Waals surface area (Å²) in [6.07, 6.45) is 2.49. The molecule has 7 heteroatoms. The quantitative estimate of drug-likeness (QED) is 0.725. The number of imidazole rings is 1. The molecule has 2 aromatic rings. The molecule has 1 aromatic heterocycles. The monoisotopic (exact) mass is 321 g/mol. The van der Waals surface area contributed by atoms with Gasteiger partial charge in [-0.3, -0.25) is 9.59 Å². The summed E-state index contributed by atoms with van der Waals surface area (Å²) in [5, 5.41) is 11.3. The van der Waals surface area contributed by atoms with E-state index in [2.05, 4.69) is 10.3 Å². The number of nitrogens with zero attached hydrogens (tertiary/aromatic N) is 2. The van der Waals surface area contributed by atoms with Gasteiger partial charge in [-0.05, 0) is 24.8 Å². The van der Waals surface area contributed by atoms with E-state index in [-0.39, 0.29) is 18.9 Å². The van der Waals surface area contributed by atoms with Crippen LogP contribution in [0.2, 0.25) is 0 Å². The van der Waals surface area contributed by atoms with Crippen LogP contribution in [0.15, 0.2) is 24.3 Å². The van der Waals surface area contributed by atoms with E-state index < -0.39 is 5.97 Å². The van der Waals surface area contributed by atoms with Gasteiger partial charge in [0.15, 0.2) is 0 Å². The van der Waals surface area contributed by atoms with Crippen molar-refractivity contribution in [3.05, 3.63) is 30.1 Å². The minimum absolute atomic E-state index is 0.0615. The second-order valence-corrected chi connectivity index (χ2v) is 5.75. The molecule has 2 rings (SSSR count). The molecule has 0 aliphatic rings. The maximum absolute atomic E-state index is 12.0. The lowest BCUT2D eigenvalue weighted by atomic mass is 10.3. The largest absolute Gasteiger partial charge is 0.481 e. The molecule has 0 spiro atoms. The minimum atomic E-state index is -0.850.